The molecular weight excluding hydrogens is 723 g/mol. The number of rotatable bonds is 7. The summed E-state index contributed by atoms with van der Waals surface area (Å²) in [5.41, 5.74) is 17.2. The van der Waals surface area contributed by atoms with Gasteiger partial charge in [-0.2, -0.15) is 0 Å². The molecule has 288 valence electrons. The van der Waals surface area contributed by atoms with Crippen LogP contribution in [0.1, 0.15) is 42.4 Å². The third-order valence-corrected chi connectivity index (χ3v) is 12.2. The first-order valence-corrected chi connectivity index (χ1v) is 21.3. The van der Waals surface area contributed by atoms with Gasteiger partial charge in [-0.15, -0.1) is 0 Å². The molecule has 0 atom stereocenters. The predicted octanol–water partition coefficient (Wildman–Crippen LogP) is 14.3. The first-order chi connectivity index (χ1) is 29.7. The summed E-state index contributed by atoms with van der Waals surface area (Å²) in [6, 6.07) is 57.7. The fourth-order valence-corrected chi connectivity index (χ4v) is 9.43. The van der Waals surface area contributed by atoms with Crippen LogP contribution in [-0.4, -0.2) is 0 Å². The average Bonchev–Trinajstić information content (AvgIpc) is 3.31. The van der Waals surface area contributed by atoms with Crippen molar-refractivity contribution in [2.75, 3.05) is 4.90 Å². The molecule has 3 aliphatic carbocycles. The summed E-state index contributed by atoms with van der Waals surface area (Å²) in [4.78, 5) is 2.36. The zero-order valence-electron chi connectivity index (χ0n) is 33.9. The number of hydrogen-bond acceptors (Lipinski definition) is 1. The van der Waals surface area contributed by atoms with Crippen molar-refractivity contribution in [3.05, 3.63) is 251 Å². The van der Waals surface area contributed by atoms with Gasteiger partial charge in [0.15, 0.2) is 0 Å². The van der Waals surface area contributed by atoms with Crippen LogP contribution in [0, 0.1) is 0 Å². The van der Waals surface area contributed by atoms with Gasteiger partial charge < -0.3 is 4.90 Å². The Labute approximate surface area is 354 Å². The van der Waals surface area contributed by atoms with Crippen molar-refractivity contribution >= 4 is 45.1 Å². The van der Waals surface area contributed by atoms with Crippen LogP contribution in [0.3, 0.4) is 0 Å². The maximum absolute atomic E-state index is 4.62. The van der Waals surface area contributed by atoms with E-state index in [1.165, 1.54) is 65.7 Å². The maximum Gasteiger partial charge on any atom is 0.0462 e. The molecule has 0 unspecified atom stereocenters. The molecule has 0 heterocycles. The highest BCUT2D eigenvalue weighted by Gasteiger charge is 2.22. The monoisotopic (exact) mass is 769 g/mol. The minimum Gasteiger partial charge on any atom is -0.311 e. The van der Waals surface area contributed by atoms with Crippen LogP contribution < -0.4 is 15.3 Å². The molecule has 0 bridgehead atoms. The number of fused-ring (bicyclic) bond motifs is 3. The summed E-state index contributed by atoms with van der Waals surface area (Å²) >= 11 is 0. The highest BCUT2D eigenvalue weighted by molar-refractivity contribution is 6.10. The van der Waals surface area contributed by atoms with E-state index in [2.05, 4.69) is 224 Å². The van der Waals surface area contributed by atoms with Crippen molar-refractivity contribution in [3.8, 4) is 22.3 Å². The first kappa shape index (κ1) is 37.1. The normalized spacial score (nSPS) is 16.8. The minimum absolute atomic E-state index is 0.870. The van der Waals surface area contributed by atoms with Crippen LogP contribution in [0.15, 0.2) is 224 Å². The second kappa shape index (κ2) is 16.6. The molecule has 0 amide bonds. The molecule has 10 rings (SSSR count). The van der Waals surface area contributed by atoms with Crippen molar-refractivity contribution in [1.29, 1.82) is 0 Å². The Morgan fingerprint density at radius 2 is 1.05 bits per heavy atom. The third-order valence-electron chi connectivity index (χ3n) is 12.2. The molecule has 7 aromatic carbocycles. The van der Waals surface area contributed by atoms with Gasteiger partial charge in [-0.25, -0.2) is 0 Å². The highest BCUT2D eigenvalue weighted by atomic mass is 15.1. The van der Waals surface area contributed by atoms with Gasteiger partial charge >= 0.3 is 0 Å². The zero-order chi connectivity index (χ0) is 40.3. The van der Waals surface area contributed by atoms with Crippen molar-refractivity contribution in [2.45, 2.75) is 32.1 Å². The van der Waals surface area contributed by atoms with Crippen LogP contribution in [0.4, 0.5) is 17.1 Å². The van der Waals surface area contributed by atoms with Crippen molar-refractivity contribution in [3.63, 3.8) is 0 Å². The lowest BCUT2D eigenvalue weighted by Crippen LogP contribution is -2.30. The molecule has 1 heteroatoms. The zero-order valence-corrected chi connectivity index (χ0v) is 33.9. The molecule has 60 heavy (non-hydrogen) atoms. The molecule has 3 aliphatic rings. The van der Waals surface area contributed by atoms with Gasteiger partial charge in [0, 0.05) is 17.1 Å². The average molecular weight is 770 g/mol. The quantitative estimate of drug-likeness (QED) is 0.156. The highest BCUT2D eigenvalue weighted by Crippen LogP contribution is 2.45. The first-order valence-electron chi connectivity index (χ1n) is 21.3. The lowest BCUT2D eigenvalue weighted by molar-refractivity contribution is 0.991. The summed E-state index contributed by atoms with van der Waals surface area (Å²) in [6.07, 6.45) is 25.5. The largest absolute Gasteiger partial charge is 0.311 e. The van der Waals surface area contributed by atoms with Crippen molar-refractivity contribution in [2.24, 2.45) is 0 Å². The van der Waals surface area contributed by atoms with Gasteiger partial charge in [-0.3, -0.25) is 0 Å². The number of allylic oxidation sites excluding steroid dienone is 10. The van der Waals surface area contributed by atoms with E-state index in [1.807, 2.05) is 0 Å². The summed E-state index contributed by atoms with van der Waals surface area (Å²) in [7, 11) is 0. The van der Waals surface area contributed by atoms with E-state index in [4.69, 9.17) is 0 Å². The molecule has 0 saturated heterocycles. The third kappa shape index (κ3) is 7.03. The van der Waals surface area contributed by atoms with E-state index < -0.39 is 0 Å². The Morgan fingerprint density at radius 1 is 0.450 bits per heavy atom. The van der Waals surface area contributed by atoms with Gasteiger partial charge in [0.05, 0.1) is 0 Å². The van der Waals surface area contributed by atoms with Crippen LogP contribution in [0.2, 0.25) is 0 Å². The molecule has 0 radical (unpaired) electrons. The van der Waals surface area contributed by atoms with E-state index in [0.29, 0.717) is 0 Å². The summed E-state index contributed by atoms with van der Waals surface area (Å²) in [5.74, 6) is 0. The van der Waals surface area contributed by atoms with E-state index in [0.717, 1.165) is 65.9 Å². The van der Waals surface area contributed by atoms with Crippen LogP contribution in [0.5, 0.6) is 0 Å². The second-order valence-corrected chi connectivity index (χ2v) is 15.8. The van der Waals surface area contributed by atoms with Crippen LogP contribution >= 0.6 is 0 Å². The summed E-state index contributed by atoms with van der Waals surface area (Å²) < 4.78 is 0. The molecular formula is C59H47N. The van der Waals surface area contributed by atoms with E-state index >= 15 is 0 Å². The van der Waals surface area contributed by atoms with Crippen LogP contribution in [-0.2, 0) is 6.42 Å². The smallest absolute Gasteiger partial charge is 0.0462 e. The Kier molecular flexibility index (Phi) is 10.2. The number of hydrogen-bond donors (Lipinski definition) is 0. The SMILES string of the molecule is C=C1/C=C\C=C/C/C(C2=CCCC=C2)=c2/ccccc2=C1c1ccc(N(c2ccccc2)c2ccc(-c3c4c(c(-c5ccccc5)c5ccccc35)CCC=C4)cc2)cc1. The van der Waals surface area contributed by atoms with Gasteiger partial charge in [0.25, 0.3) is 0 Å². The Morgan fingerprint density at radius 3 is 1.77 bits per heavy atom. The van der Waals surface area contributed by atoms with E-state index in [1.54, 1.807) is 0 Å². The molecule has 0 spiro atoms. The fourth-order valence-electron chi connectivity index (χ4n) is 9.43. The Hall–Kier alpha value is -7.22. The Balaban J connectivity index is 1.09. The van der Waals surface area contributed by atoms with Gasteiger partial charge in [0.2, 0.25) is 0 Å². The number of anilines is 3. The predicted molar refractivity (Wildman–Crippen MR) is 257 cm³/mol. The molecule has 0 aromatic heterocycles. The van der Waals surface area contributed by atoms with Crippen molar-refractivity contribution in [1.82, 2.24) is 0 Å². The fraction of sp³-hybridized carbons (Fsp3) is 0.0847. The number of benzene rings is 7. The Bertz CT molecular complexity index is 3030. The lowest BCUT2D eigenvalue weighted by atomic mass is 9.80. The number of para-hydroxylation sites is 1. The second-order valence-electron chi connectivity index (χ2n) is 15.8. The summed E-state index contributed by atoms with van der Waals surface area (Å²) in [5, 5.41) is 5.07. The summed E-state index contributed by atoms with van der Waals surface area (Å²) in [6.45, 7) is 4.62. The standard InChI is InChI=1S/C59H47N/c1-42-20-6-2-13-27-50(43-21-7-3-8-22-43)51-28-14-15-29-52(51)57(42)45-34-38-48(39-35-45)60(47-25-11-5-12-26-47)49-40-36-46(37-41-49)59-55-32-18-16-30-53(55)58(44-23-9-4-10-24-44)54-31-17-19-33-56(54)59/h2,4-7,9-16,18-26,28-30,32-41H,1,3,8,17,27,31H2/b13-2-,20-6-,51-50+,57-52?. The van der Waals surface area contributed by atoms with E-state index in [9.17, 15) is 0 Å². The molecule has 0 fully saturated rings. The number of nitrogens with zero attached hydrogens (tertiary/aromatic N) is 1. The molecule has 0 N–H and O–H groups in total. The van der Waals surface area contributed by atoms with Gasteiger partial charge in [-0.05, 0) is 151 Å². The van der Waals surface area contributed by atoms with Crippen LogP contribution in [0.25, 0.3) is 50.2 Å². The molecule has 1 nitrogen and oxygen atoms in total. The molecule has 0 aliphatic heterocycles. The van der Waals surface area contributed by atoms with Gasteiger partial charge in [-0.1, -0.05) is 183 Å². The molecule has 7 aromatic rings. The topological polar surface area (TPSA) is 3.24 Å². The minimum atomic E-state index is 0.870. The van der Waals surface area contributed by atoms with Crippen molar-refractivity contribution < 1.29 is 0 Å². The lowest BCUT2D eigenvalue weighted by Gasteiger charge is -2.27. The molecule has 0 saturated carbocycles. The van der Waals surface area contributed by atoms with Gasteiger partial charge in [0.1, 0.15) is 0 Å². The maximum atomic E-state index is 4.62. The van der Waals surface area contributed by atoms with E-state index in [-0.39, 0.29) is 0 Å².